The van der Waals surface area contributed by atoms with Crippen molar-refractivity contribution in [1.82, 2.24) is 0 Å². The molecule has 3 heteroatoms. The molecule has 2 aromatic rings. The van der Waals surface area contributed by atoms with Crippen LogP contribution in [0.2, 0.25) is 0 Å². The van der Waals surface area contributed by atoms with Crippen LogP contribution in [0, 0.1) is 5.92 Å². The van der Waals surface area contributed by atoms with Crippen molar-refractivity contribution in [3.63, 3.8) is 0 Å². The first kappa shape index (κ1) is 12.9. The van der Waals surface area contributed by atoms with E-state index in [1.54, 1.807) is 6.07 Å². The number of hydrogen-bond acceptors (Lipinski definition) is 3. The standard InChI is InChI=1S/C17H17NO2/c1-2-13-16(19)20-15-11-7-6-10-14(15)17(13,18)12-8-4-3-5-9-12/h3-11,13H,2,18H2,1H3. The van der Waals surface area contributed by atoms with E-state index in [0.29, 0.717) is 12.2 Å². The fraction of sp³-hybridized carbons (Fsp3) is 0.235. The van der Waals surface area contributed by atoms with E-state index in [1.165, 1.54) is 0 Å². The third-order valence-electron chi connectivity index (χ3n) is 4.04. The van der Waals surface area contributed by atoms with Crippen LogP contribution < -0.4 is 10.5 Å². The lowest BCUT2D eigenvalue weighted by atomic mass is 9.71. The van der Waals surface area contributed by atoms with E-state index in [4.69, 9.17) is 10.5 Å². The van der Waals surface area contributed by atoms with Crippen molar-refractivity contribution in [3.05, 3.63) is 65.7 Å². The maximum absolute atomic E-state index is 12.3. The third-order valence-corrected chi connectivity index (χ3v) is 4.04. The monoisotopic (exact) mass is 267 g/mol. The van der Waals surface area contributed by atoms with E-state index in [9.17, 15) is 4.79 Å². The predicted octanol–water partition coefficient (Wildman–Crippen LogP) is 2.83. The highest BCUT2D eigenvalue weighted by atomic mass is 16.5. The largest absolute Gasteiger partial charge is 0.426 e. The number of rotatable bonds is 2. The molecule has 2 N–H and O–H groups in total. The summed E-state index contributed by atoms with van der Waals surface area (Å²) in [5.41, 5.74) is 7.72. The lowest BCUT2D eigenvalue weighted by molar-refractivity contribution is -0.143. The lowest BCUT2D eigenvalue weighted by Gasteiger charge is -2.40. The Kier molecular flexibility index (Phi) is 3.07. The summed E-state index contributed by atoms with van der Waals surface area (Å²) in [4.78, 5) is 12.3. The molecular weight excluding hydrogens is 250 g/mol. The molecule has 0 fully saturated rings. The number of carbonyl (C=O) groups excluding carboxylic acids is 1. The molecule has 20 heavy (non-hydrogen) atoms. The predicted molar refractivity (Wildman–Crippen MR) is 77.3 cm³/mol. The van der Waals surface area contributed by atoms with E-state index in [-0.39, 0.29) is 11.9 Å². The molecule has 0 saturated heterocycles. The number of esters is 1. The Hall–Kier alpha value is -2.13. The van der Waals surface area contributed by atoms with Crippen molar-refractivity contribution in [2.45, 2.75) is 18.9 Å². The van der Waals surface area contributed by atoms with Crippen LogP contribution in [0.5, 0.6) is 5.75 Å². The quantitative estimate of drug-likeness (QED) is 0.672. The summed E-state index contributed by atoms with van der Waals surface area (Å²) in [5, 5.41) is 0. The van der Waals surface area contributed by atoms with Gasteiger partial charge in [0, 0.05) is 5.56 Å². The van der Waals surface area contributed by atoms with Crippen LogP contribution >= 0.6 is 0 Å². The molecule has 1 aliphatic heterocycles. The van der Waals surface area contributed by atoms with E-state index >= 15 is 0 Å². The molecule has 102 valence electrons. The van der Waals surface area contributed by atoms with Crippen LogP contribution in [-0.2, 0) is 10.3 Å². The van der Waals surface area contributed by atoms with Gasteiger partial charge in [-0.3, -0.25) is 4.79 Å². The summed E-state index contributed by atoms with van der Waals surface area (Å²) in [6.45, 7) is 1.96. The van der Waals surface area contributed by atoms with E-state index in [1.807, 2.05) is 55.5 Å². The van der Waals surface area contributed by atoms with Crippen molar-refractivity contribution in [2.75, 3.05) is 0 Å². The molecule has 0 saturated carbocycles. The van der Waals surface area contributed by atoms with Crippen LogP contribution in [-0.4, -0.2) is 5.97 Å². The van der Waals surface area contributed by atoms with Crippen LogP contribution in [0.4, 0.5) is 0 Å². The minimum atomic E-state index is -0.831. The van der Waals surface area contributed by atoms with Crippen molar-refractivity contribution in [1.29, 1.82) is 0 Å². The van der Waals surface area contributed by atoms with Crippen LogP contribution in [0.25, 0.3) is 0 Å². The van der Waals surface area contributed by atoms with Crippen molar-refractivity contribution in [2.24, 2.45) is 11.7 Å². The zero-order valence-corrected chi connectivity index (χ0v) is 11.4. The highest BCUT2D eigenvalue weighted by Gasteiger charge is 2.47. The van der Waals surface area contributed by atoms with Gasteiger partial charge in [0.05, 0.1) is 11.5 Å². The first-order valence-corrected chi connectivity index (χ1v) is 6.83. The number of para-hydroxylation sites is 1. The second-order valence-corrected chi connectivity index (χ2v) is 5.11. The highest BCUT2D eigenvalue weighted by molar-refractivity contribution is 5.81. The Morgan fingerprint density at radius 3 is 2.45 bits per heavy atom. The van der Waals surface area contributed by atoms with Gasteiger partial charge in [-0.1, -0.05) is 55.5 Å². The van der Waals surface area contributed by atoms with Crippen molar-refractivity contribution >= 4 is 5.97 Å². The first-order chi connectivity index (χ1) is 9.67. The van der Waals surface area contributed by atoms with Gasteiger partial charge in [-0.15, -0.1) is 0 Å². The minimum Gasteiger partial charge on any atom is -0.426 e. The molecule has 3 nitrogen and oxygen atoms in total. The van der Waals surface area contributed by atoms with Crippen LogP contribution in [0.1, 0.15) is 24.5 Å². The number of carbonyl (C=O) groups is 1. The minimum absolute atomic E-state index is 0.252. The maximum Gasteiger partial charge on any atom is 0.316 e. The summed E-state index contributed by atoms with van der Waals surface area (Å²) in [6.07, 6.45) is 0.637. The SMILES string of the molecule is CCC1C(=O)Oc2ccccc2C1(N)c1ccccc1. The van der Waals surface area contributed by atoms with Gasteiger partial charge in [0.15, 0.2) is 0 Å². The zero-order chi connectivity index (χ0) is 14.2. The molecule has 0 aromatic heterocycles. The summed E-state index contributed by atoms with van der Waals surface area (Å²) in [5.74, 6) is -0.0640. The Morgan fingerprint density at radius 2 is 1.75 bits per heavy atom. The van der Waals surface area contributed by atoms with Gasteiger partial charge in [0.2, 0.25) is 0 Å². The fourth-order valence-electron chi connectivity index (χ4n) is 3.01. The van der Waals surface area contributed by atoms with E-state index < -0.39 is 5.54 Å². The average Bonchev–Trinajstić information content (AvgIpc) is 2.48. The Bertz CT molecular complexity index is 638. The molecule has 1 heterocycles. The van der Waals surface area contributed by atoms with Gasteiger partial charge in [-0.2, -0.15) is 0 Å². The van der Waals surface area contributed by atoms with E-state index in [0.717, 1.165) is 11.1 Å². The Balaban J connectivity index is 2.26. The molecule has 0 aliphatic carbocycles. The highest BCUT2D eigenvalue weighted by Crippen LogP contribution is 2.44. The Labute approximate surface area is 118 Å². The van der Waals surface area contributed by atoms with Gasteiger partial charge in [-0.05, 0) is 18.1 Å². The smallest absolute Gasteiger partial charge is 0.316 e. The second kappa shape index (κ2) is 4.76. The summed E-state index contributed by atoms with van der Waals surface area (Å²) >= 11 is 0. The second-order valence-electron chi connectivity index (χ2n) is 5.11. The number of nitrogens with two attached hydrogens (primary N) is 1. The molecule has 0 spiro atoms. The number of fused-ring (bicyclic) bond motifs is 1. The Morgan fingerprint density at radius 1 is 1.10 bits per heavy atom. The van der Waals surface area contributed by atoms with E-state index in [2.05, 4.69) is 0 Å². The van der Waals surface area contributed by atoms with Crippen molar-refractivity contribution < 1.29 is 9.53 Å². The summed E-state index contributed by atoms with van der Waals surface area (Å²) in [7, 11) is 0. The molecule has 0 radical (unpaired) electrons. The van der Waals surface area contributed by atoms with Gasteiger partial charge in [0.1, 0.15) is 5.75 Å². The maximum atomic E-state index is 12.3. The topological polar surface area (TPSA) is 52.3 Å². The molecule has 0 bridgehead atoms. The van der Waals surface area contributed by atoms with Gasteiger partial charge in [0.25, 0.3) is 0 Å². The molecule has 0 amide bonds. The molecule has 2 unspecified atom stereocenters. The van der Waals surface area contributed by atoms with Gasteiger partial charge in [-0.25, -0.2) is 0 Å². The summed E-state index contributed by atoms with van der Waals surface area (Å²) < 4.78 is 5.43. The van der Waals surface area contributed by atoms with Crippen LogP contribution in [0.15, 0.2) is 54.6 Å². The normalized spacial score (nSPS) is 24.9. The lowest BCUT2D eigenvalue weighted by Crippen LogP contribution is -2.52. The van der Waals surface area contributed by atoms with Crippen LogP contribution in [0.3, 0.4) is 0 Å². The number of benzene rings is 2. The fourth-order valence-corrected chi connectivity index (χ4v) is 3.01. The first-order valence-electron chi connectivity index (χ1n) is 6.83. The van der Waals surface area contributed by atoms with Crippen molar-refractivity contribution in [3.8, 4) is 5.75 Å². The summed E-state index contributed by atoms with van der Waals surface area (Å²) in [6, 6.07) is 17.3. The average molecular weight is 267 g/mol. The molecule has 1 aliphatic rings. The molecule has 2 atom stereocenters. The molecular formula is C17H17NO2. The third kappa shape index (κ3) is 1.74. The van der Waals surface area contributed by atoms with Gasteiger partial charge >= 0.3 is 5.97 Å². The molecule has 3 rings (SSSR count). The number of hydrogen-bond donors (Lipinski definition) is 1. The van der Waals surface area contributed by atoms with Gasteiger partial charge < -0.3 is 10.5 Å². The number of ether oxygens (including phenoxy) is 1. The molecule has 2 aromatic carbocycles. The zero-order valence-electron chi connectivity index (χ0n) is 11.4.